The summed E-state index contributed by atoms with van der Waals surface area (Å²) in [4.78, 5) is 12.9. The molecule has 0 aromatic heterocycles. The molecule has 0 unspecified atom stereocenters. The third kappa shape index (κ3) is 1.88. The second-order valence-electron chi connectivity index (χ2n) is 4.54. The molecular weight excluding hydrogens is 236 g/mol. The molecule has 0 atom stereocenters. The number of nitrogens with zero attached hydrogens (tertiary/aromatic N) is 2. The standard InChI is InChI=1S/C16H12N2O/c17-10-14-9-12(11-19)5-6-16(14)18-8-7-13-3-1-2-4-15(13)18/h1-6,9,11H,7-8H2. The fourth-order valence-electron chi connectivity index (χ4n) is 2.54. The number of hydrogen-bond donors (Lipinski definition) is 0. The van der Waals surface area contributed by atoms with E-state index in [4.69, 9.17) is 0 Å². The van der Waals surface area contributed by atoms with E-state index in [1.165, 1.54) is 5.56 Å². The van der Waals surface area contributed by atoms with Crippen molar-refractivity contribution in [3.8, 4) is 6.07 Å². The smallest absolute Gasteiger partial charge is 0.150 e. The number of hydrogen-bond acceptors (Lipinski definition) is 3. The highest BCUT2D eigenvalue weighted by Gasteiger charge is 2.21. The van der Waals surface area contributed by atoms with E-state index in [1.54, 1.807) is 12.1 Å². The molecule has 0 fully saturated rings. The number of fused-ring (bicyclic) bond motifs is 1. The molecule has 0 saturated carbocycles. The predicted molar refractivity (Wildman–Crippen MR) is 73.7 cm³/mol. The quantitative estimate of drug-likeness (QED) is 0.767. The Labute approximate surface area is 111 Å². The van der Waals surface area contributed by atoms with Gasteiger partial charge in [-0.3, -0.25) is 4.79 Å². The Kier molecular flexibility index (Phi) is 2.77. The van der Waals surface area contributed by atoms with Crippen LogP contribution >= 0.6 is 0 Å². The van der Waals surface area contributed by atoms with Crippen molar-refractivity contribution in [2.75, 3.05) is 11.4 Å². The third-order valence-electron chi connectivity index (χ3n) is 3.46. The highest BCUT2D eigenvalue weighted by atomic mass is 16.1. The van der Waals surface area contributed by atoms with Crippen LogP contribution in [0.4, 0.5) is 11.4 Å². The van der Waals surface area contributed by atoms with Gasteiger partial charge in [0.25, 0.3) is 0 Å². The summed E-state index contributed by atoms with van der Waals surface area (Å²) in [6, 6.07) is 15.6. The van der Waals surface area contributed by atoms with E-state index < -0.39 is 0 Å². The van der Waals surface area contributed by atoms with Crippen molar-refractivity contribution in [2.45, 2.75) is 6.42 Å². The van der Waals surface area contributed by atoms with E-state index in [9.17, 15) is 10.1 Å². The monoisotopic (exact) mass is 248 g/mol. The van der Waals surface area contributed by atoms with Crippen LogP contribution in [0.3, 0.4) is 0 Å². The van der Waals surface area contributed by atoms with Crippen molar-refractivity contribution < 1.29 is 4.79 Å². The molecule has 3 rings (SSSR count). The lowest BCUT2D eigenvalue weighted by Crippen LogP contribution is -2.14. The van der Waals surface area contributed by atoms with Crippen molar-refractivity contribution in [3.05, 3.63) is 59.2 Å². The number of aldehydes is 1. The van der Waals surface area contributed by atoms with E-state index in [0.717, 1.165) is 30.6 Å². The van der Waals surface area contributed by atoms with Crippen molar-refractivity contribution >= 4 is 17.7 Å². The second-order valence-corrected chi connectivity index (χ2v) is 4.54. The Morgan fingerprint density at radius 1 is 1.16 bits per heavy atom. The zero-order chi connectivity index (χ0) is 13.2. The zero-order valence-electron chi connectivity index (χ0n) is 10.3. The van der Waals surface area contributed by atoms with E-state index in [2.05, 4.69) is 23.1 Å². The molecule has 0 spiro atoms. The van der Waals surface area contributed by atoms with E-state index in [1.807, 2.05) is 18.2 Å². The van der Waals surface area contributed by atoms with Gasteiger partial charge < -0.3 is 4.90 Å². The molecule has 0 bridgehead atoms. The molecule has 3 nitrogen and oxygen atoms in total. The molecule has 0 aliphatic carbocycles. The third-order valence-corrected chi connectivity index (χ3v) is 3.46. The zero-order valence-corrected chi connectivity index (χ0v) is 10.3. The Hall–Kier alpha value is -2.60. The summed E-state index contributed by atoms with van der Waals surface area (Å²) in [6.07, 6.45) is 1.75. The van der Waals surface area contributed by atoms with Gasteiger partial charge in [0.05, 0.1) is 11.3 Å². The van der Waals surface area contributed by atoms with Crippen molar-refractivity contribution in [1.29, 1.82) is 5.26 Å². The van der Waals surface area contributed by atoms with Crippen LogP contribution in [0.25, 0.3) is 0 Å². The van der Waals surface area contributed by atoms with Crippen LogP contribution in [-0.4, -0.2) is 12.8 Å². The summed E-state index contributed by atoms with van der Waals surface area (Å²) in [5.74, 6) is 0. The first-order chi connectivity index (χ1) is 9.33. The number of carbonyl (C=O) groups is 1. The van der Waals surface area contributed by atoms with Gasteiger partial charge in [-0.05, 0) is 36.2 Å². The molecule has 0 radical (unpaired) electrons. The van der Waals surface area contributed by atoms with Gasteiger partial charge in [0.2, 0.25) is 0 Å². The number of para-hydroxylation sites is 1. The van der Waals surface area contributed by atoms with Crippen molar-refractivity contribution in [2.24, 2.45) is 0 Å². The van der Waals surface area contributed by atoms with Crippen molar-refractivity contribution in [3.63, 3.8) is 0 Å². The molecular formula is C16H12N2O. The van der Waals surface area contributed by atoms with E-state index in [-0.39, 0.29) is 0 Å². The van der Waals surface area contributed by atoms with Crippen LogP contribution in [0, 0.1) is 11.3 Å². The Balaban J connectivity index is 2.10. The van der Waals surface area contributed by atoms with Gasteiger partial charge in [-0.2, -0.15) is 5.26 Å². The predicted octanol–water partition coefficient (Wildman–Crippen LogP) is 3.06. The summed E-state index contributed by atoms with van der Waals surface area (Å²) in [5.41, 5.74) is 4.40. The first kappa shape index (κ1) is 11.5. The number of anilines is 2. The molecule has 1 aliphatic heterocycles. The number of benzene rings is 2. The molecule has 1 aliphatic rings. The van der Waals surface area contributed by atoms with Gasteiger partial charge in [-0.15, -0.1) is 0 Å². The van der Waals surface area contributed by atoms with Crippen LogP contribution in [0.2, 0.25) is 0 Å². The maximum absolute atomic E-state index is 10.8. The van der Waals surface area contributed by atoms with Gasteiger partial charge in [-0.25, -0.2) is 0 Å². The Morgan fingerprint density at radius 2 is 2.00 bits per heavy atom. The lowest BCUT2D eigenvalue weighted by molar-refractivity contribution is 0.112. The lowest BCUT2D eigenvalue weighted by atomic mass is 10.1. The van der Waals surface area contributed by atoms with E-state index >= 15 is 0 Å². The number of nitriles is 1. The van der Waals surface area contributed by atoms with Crippen molar-refractivity contribution in [1.82, 2.24) is 0 Å². The molecule has 2 aromatic rings. The van der Waals surface area contributed by atoms with Crippen LogP contribution in [0.1, 0.15) is 21.5 Å². The minimum Gasteiger partial charge on any atom is -0.340 e. The van der Waals surface area contributed by atoms with Gasteiger partial charge in [0, 0.05) is 17.8 Å². The summed E-state index contributed by atoms with van der Waals surface area (Å²) < 4.78 is 0. The average molecular weight is 248 g/mol. The molecule has 19 heavy (non-hydrogen) atoms. The second kappa shape index (κ2) is 4.58. The van der Waals surface area contributed by atoms with Crippen LogP contribution in [-0.2, 0) is 6.42 Å². The van der Waals surface area contributed by atoms with E-state index in [0.29, 0.717) is 11.1 Å². The average Bonchev–Trinajstić information content (AvgIpc) is 2.90. The van der Waals surface area contributed by atoms with Gasteiger partial charge >= 0.3 is 0 Å². The summed E-state index contributed by atoms with van der Waals surface area (Å²) >= 11 is 0. The summed E-state index contributed by atoms with van der Waals surface area (Å²) in [7, 11) is 0. The SMILES string of the molecule is N#Cc1cc(C=O)ccc1N1CCc2ccccc21. The van der Waals surface area contributed by atoms with Crippen LogP contribution in [0.15, 0.2) is 42.5 Å². The molecule has 1 heterocycles. The van der Waals surface area contributed by atoms with Crippen LogP contribution in [0.5, 0.6) is 0 Å². The summed E-state index contributed by atoms with van der Waals surface area (Å²) in [5, 5.41) is 9.25. The Morgan fingerprint density at radius 3 is 2.79 bits per heavy atom. The highest BCUT2D eigenvalue weighted by Crippen LogP contribution is 2.35. The first-order valence-corrected chi connectivity index (χ1v) is 6.18. The molecule has 2 aromatic carbocycles. The van der Waals surface area contributed by atoms with Gasteiger partial charge in [0.15, 0.2) is 0 Å². The fraction of sp³-hybridized carbons (Fsp3) is 0.125. The summed E-state index contributed by atoms with van der Waals surface area (Å²) in [6.45, 7) is 0.870. The lowest BCUT2D eigenvalue weighted by Gasteiger charge is -2.20. The molecule has 3 heteroatoms. The number of rotatable bonds is 2. The minimum atomic E-state index is 0.535. The fourth-order valence-corrected chi connectivity index (χ4v) is 2.54. The maximum atomic E-state index is 10.8. The molecule has 0 saturated heterocycles. The molecule has 0 amide bonds. The first-order valence-electron chi connectivity index (χ1n) is 6.18. The van der Waals surface area contributed by atoms with Gasteiger partial charge in [0.1, 0.15) is 12.4 Å². The molecule has 0 N–H and O–H groups in total. The topological polar surface area (TPSA) is 44.1 Å². The Bertz CT molecular complexity index is 685. The minimum absolute atomic E-state index is 0.535. The largest absolute Gasteiger partial charge is 0.340 e. The van der Waals surface area contributed by atoms with Crippen LogP contribution < -0.4 is 4.90 Å². The maximum Gasteiger partial charge on any atom is 0.150 e. The van der Waals surface area contributed by atoms with Gasteiger partial charge in [-0.1, -0.05) is 18.2 Å². The number of carbonyl (C=O) groups excluding carboxylic acids is 1. The molecule has 92 valence electrons. The normalized spacial score (nSPS) is 12.9. The highest BCUT2D eigenvalue weighted by molar-refractivity contribution is 5.80.